The standard InChI is InChI=1S/C41H45F7N4O4/c42-38(43)11-9-27(10-12-38)52-19-32(30-6-5-29(18-34(30)52)56-28-3-1-26(2-4-28)51-20-39(44,45)21-51)33-8-7-31(35(49-33)41(46,47)48)36(53)50-40(37(54)55)24-14-22-13-23(16-24)17-25(40)15-22/h5-8,18-19,22-28H,1-4,9-17,20-21H2,(H,50,53)(H,54,55)/t22?,23?,24?,25?,26-,28-,40?. The molecule has 7 aliphatic rings. The summed E-state index contributed by atoms with van der Waals surface area (Å²) in [5.74, 6) is -7.30. The minimum atomic E-state index is -5.06. The number of benzene rings is 1. The number of nitrogens with zero attached hydrogens (tertiary/aromatic N) is 3. The summed E-state index contributed by atoms with van der Waals surface area (Å²) < 4.78 is 108. The van der Waals surface area contributed by atoms with Crippen LogP contribution in [-0.2, 0) is 11.0 Å². The zero-order chi connectivity index (χ0) is 39.4. The predicted octanol–water partition coefficient (Wildman–Crippen LogP) is 9.12. The molecule has 3 heterocycles. The summed E-state index contributed by atoms with van der Waals surface area (Å²) in [6, 6.07) is 7.24. The molecule has 1 aliphatic heterocycles. The number of carboxylic acids is 1. The van der Waals surface area contributed by atoms with Gasteiger partial charge in [0, 0.05) is 48.1 Å². The van der Waals surface area contributed by atoms with Crippen LogP contribution in [0.2, 0.25) is 0 Å². The maximum atomic E-state index is 14.8. The predicted molar refractivity (Wildman–Crippen MR) is 191 cm³/mol. The Balaban J connectivity index is 1.02. The molecule has 0 atom stereocenters. The lowest BCUT2D eigenvalue weighted by Crippen LogP contribution is -2.70. The Labute approximate surface area is 319 Å². The number of ether oxygens (including phenoxy) is 1. The Bertz CT molecular complexity index is 1990. The third-order valence-electron chi connectivity index (χ3n) is 14.0. The summed E-state index contributed by atoms with van der Waals surface area (Å²) >= 11 is 0. The minimum absolute atomic E-state index is 0.0726. The van der Waals surface area contributed by atoms with E-state index < -0.39 is 46.7 Å². The van der Waals surface area contributed by atoms with Crippen LogP contribution in [0.15, 0.2) is 36.5 Å². The first kappa shape index (κ1) is 37.7. The van der Waals surface area contributed by atoms with Gasteiger partial charge in [0.2, 0.25) is 5.92 Å². The van der Waals surface area contributed by atoms with Crippen molar-refractivity contribution in [3.8, 4) is 17.0 Å². The first-order valence-electron chi connectivity index (χ1n) is 19.9. The molecule has 0 radical (unpaired) electrons. The van der Waals surface area contributed by atoms with Gasteiger partial charge >= 0.3 is 12.1 Å². The molecule has 4 bridgehead atoms. The molecule has 10 rings (SSSR count). The summed E-state index contributed by atoms with van der Waals surface area (Å²) in [5.41, 5.74) is -3.04. The number of aromatic nitrogens is 2. The molecular weight excluding hydrogens is 745 g/mol. The highest BCUT2D eigenvalue weighted by Gasteiger charge is 2.62. The van der Waals surface area contributed by atoms with Gasteiger partial charge in [0.25, 0.3) is 11.8 Å². The second-order valence-electron chi connectivity index (χ2n) is 17.5. The molecule has 2 aromatic heterocycles. The van der Waals surface area contributed by atoms with Crippen LogP contribution in [0.3, 0.4) is 0 Å². The van der Waals surface area contributed by atoms with Crippen molar-refractivity contribution in [2.24, 2.45) is 23.7 Å². The third-order valence-corrected chi connectivity index (χ3v) is 14.0. The van der Waals surface area contributed by atoms with E-state index in [1.165, 1.54) is 6.07 Å². The Morgan fingerprint density at radius 3 is 2.05 bits per heavy atom. The van der Waals surface area contributed by atoms with E-state index in [4.69, 9.17) is 4.74 Å². The Morgan fingerprint density at radius 1 is 0.821 bits per heavy atom. The highest BCUT2D eigenvalue weighted by atomic mass is 19.4. The van der Waals surface area contributed by atoms with E-state index in [1.54, 1.807) is 29.3 Å². The number of halogens is 7. The number of aliphatic carboxylic acids is 1. The molecule has 56 heavy (non-hydrogen) atoms. The highest BCUT2D eigenvalue weighted by molar-refractivity contribution is 6.00. The molecule has 7 fully saturated rings. The summed E-state index contributed by atoms with van der Waals surface area (Å²) in [7, 11) is 0. The lowest BCUT2D eigenvalue weighted by molar-refractivity contribution is -0.163. The molecule has 302 valence electrons. The fourth-order valence-electron chi connectivity index (χ4n) is 11.4. The number of rotatable bonds is 8. The van der Waals surface area contributed by atoms with Crippen LogP contribution in [0.4, 0.5) is 30.7 Å². The number of carbonyl (C=O) groups is 2. The van der Waals surface area contributed by atoms with Crippen molar-refractivity contribution in [2.75, 3.05) is 13.1 Å². The van der Waals surface area contributed by atoms with E-state index in [0.717, 1.165) is 12.5 Å². The Hall–Kier alpha value is -3.88. The lowest BCUT2D eigenvalue weighted by Gasteiger charge is -2.59. The number of amides is 1. The van der Waals surface area contributed by atoms with Crippen molar-refractivity contribution < 1.29 is 50.2 Å². The van der Waals surface area contributed by atoms with Crippen LogP contribution in [0.5, 0.6) is 5.75 Å². The minimum Gasteiger partial charge on any atom is -0.490 e. The molecule has 0 spiro atoms. The van der Waals surface area contributed by atoms with E-state index in [-0.39, 0.29) is 74.5 Å². The quantitative estimate of drug-likeness (QED) is 0.221. The molecule has 6 aliphatic carbocycles. The van der Waals surface area contributed by atoms with Crippen LogP contribution in [-0.4, -0.2) is 74.1 Å². The Kier molecular flexibility index (Phi) is 8.98. The van der Waals surface area contributed by atoms with Gasteiger partial charge in [0.05, 0.1) is 36.0 Å². The second kappa shape index (κ2) is 13.3. The molecule has 1 saturated heterocycles. The lowest BCUT2D eigenvalue weighted by atomic mass is 9.48. The SMILES string of the molecule is O=C(NC1(C(=O)O)C2CC3CC(C2)CC1C3)c1ccc(-c2cn(C3CCC(F)(F)CC3)c3cc(O[C@H]4CC[C@H](N5CC(F)(F)C5)CC4)ccc23)nc1C(F)(F)F. The number of carboxylic acid groups (broad SMARTS) is 1. The first-order chi connectivity index (χ1) is 26.5. The Morgan fingerprint density at radius 2 is 1.46 bits per heavy atom. The van der Waals surface area contributed by atoms with Crippen molar-refractivity contribution in [1.29, 1.82) is 0 Å². The zero-order valence-corrected chi connectivity index (χ0v) is 30.8. The fraction of sp³-hybridized carbons (Fsp3) is 0.634. The average Bonchev–Trinajstić information content (AvgIpc) is 3.50. The second-order valence-corrected chi connectivity index (χ2v) is 17.5. The third kappa shape index (κ3) is 6.62. The average molecular weight is 791 g/mol. The summed E-state index contributed by atoms with van der Waals surface area (Å²) in [5, 5.41) is 13.6. The van der Waals surface area contributed by atoms with Crippen molar-refractivity contribution >= 4 is 22.8 Å². The first-order valence-corrected chi connectivity index (χ1v) is 19.9. The monoisotopic (exact) mass is 790 g/mol. The molecular formula is C41H45F7N4O4. The number of fused-ring (bicyclic) bond motifs is 1. The van der Waals surface area contributed by atoms with Crippen LogP contribution in [0, 0.1) is 23.7 Å². The van der Waals surface area contributed by atoms with Crippen LogP contribution >= 0.6 is 0 Å². The van der Waals surface area contributed by atoms with Crippen molar-refractivity contribution in [2.45, 2.75) is 125 Å². The maximum absolute atomic E-state index is 14.8. The van der Waals surface area contributed by atoms with Gasteiger partial charge in [-0.25, -0.2) is 27.3 Å². The molecule has 3 aromatic rings. The summed E-state index contributed by atoms with van der Waals surface area (Å²) in [6.45, 7) is -0.455. The smallest absolute Gasteiger partial charge is 0.434 e. The molecule has 15 heteroatoms. The topological polar surface area (TPSA) is 96.7 Å². The largest absolute Gasteiger partial charge is 0.490 e. The molecule has 0 unspecified atom stereocenters. The number of hydrogen-bond donors (Lipinski definition) is 2. The fourth-order valence-corrected chi connectivity index (χ4v) is 11.4. The molecule has 1 aromatic carbocycles. The van der Waals surface area contributed by atoms with Gasteiger partial charge in [0.1, 0.15) is 11.3 Å². The number of carbonyl (C=O) groups excluding carboxylic acids is 1. The van der Waals surface area contributed by atoms with Gasteiger partial charge in [-0.1, -0.05) is 0 Å². The van der Waals surface area contributed by atoms with E-state index in [0.29, 0.717) is 85.4 Å². The van der Waals surface area contributed by atoms with Crippen molar-refractivity contribution in [1.82, 2.24) is 19.8 Å². The number of nitrogens with one attached hydrogen (secondary N) is 1. The van der Waals surface area contributed by atoms with Crippen LogP contribution < -0.4 is 10.1 Å². The summed E-state index contributed by atoms with van der Waals surface area (Å²) in [6.07, 6.45) is 2.23. The normalized spacial score (nSPS) is 32.6. The number of alkyl halides is 7. The number of likely N-dealkylation sites (tertiary alicyclic amines) is 1. The van der Waals surface area contributed by atoms with Gasteiger partial charge in [-0.2, -0.15) is 13.2 Å². The molecule has 6 saturated carbocycles. The van der Waals surface area contributed by atoms with E-state index in [9.17, 15) is 45.4 Å². The van der Waals surface area contributed by atoms with Crippen molar-refractivity contribution in [3.63, 3.8) is 0 Å². The van der Waals surface area contributed by atoms with E-state index in [2.05, 4.69) is 10.3 Å². The van der Waals surface area contributed by atoms with E-state index in [1.807, 2.05) is 4.57 Å². The van der Waals surface area contributed by atoms with E-state index >= 15 is 0 Å². The van der Waals surface area contributed by atoms with Gasteiger partial charge in [-0.3, -0.25) is 9.69 Å². The summed E-state index contributed by atoms with van der Waals surface area (Å²) in [4.78, 5) is 32.5. The van der Waals surface area contributed by atoms with Gasteiger partial charge < -0.3 is 19.7 Å². The van der Waals surface area contributed by atoms with Gasteiger partial charge in [-0.15, -0.1) is 0 Å². The number of pyridine rings is 1. The molecule has 2 N–H and O–H groups in total. The van der Waals surface area contributed by atoms with Gasteiger partial charge in [0.15, 0.2) is 5.69 Å². The molecule has 1 amide bonds. The maximum Gasteiger partial charge on any atom is 0.434 e. The molecule has 8 nitrogen and oxygen atoms in total. The van der Waals surface area contributed by atoms with Crippen LogP contribution in [0.1, 0.15) is 106 Å². The van der Waals surface area contributed by atoms with Crippen LogP contribution in [0.25, 0.3) is 22.2 Å². The van der Waals surface area contributed by atoms with Crippen molar-refractivity contribution in [3.05, 3.63) is 47.8 Å². The zero-order valence-electron chi connectivity index (χ0n) is 30.8. The number of hydrogen-bond acceptors (Lipinski definition) is 5. The highest BCUT2D eigenvalue weighted by Crippen LogP contribution is 2.58. The van der Waals surface area contributed by atoms with Gasteiger partial charge in [-0.05, 0) is 119 Å².